The van der Waals surface area contributed by atoms with Crippen molar-refractivity contribution in [3.8, 4) is 6.07 Å². The van der Waals surface area contributed by atoms with Gasteiger partial charge in [0.05, 0.1) is 5.57 Å². The molecule has 0 saturated heterocycles. The van der Waals surface area contributed by atoms with Gasteiger partial charge in [-0.25, -0.2) is 0 Å². The summed E-state index contributed by atoms with van der Waals surface area (Å²) in [7, 11) is 0. The van der Waals surface area contributed by atoms with Gasteiger partial charge < -0.3 is 0 Å². The lowest BCUT2D eigenvalue weighted by Gasteiger charge is -2.55. The average Bonchev–Trinajstić information content (AvgIpc) is 2.34. The second kappa shape index (κ2) is 4.40. The van der Waals surface area contributed by atoms with Crippen molar-refractivity contribution in [1.82, 2.24) is 0 Å². The molecule has 0 unspecified atom stereocenters. The van der Waals surface area contributed by atoms with E-state index in [1.165, 1.54) is 19.3 Å². The number of nitrogens with zero attached hydrogens (tertiary/aromatic N) is 4. The summed E-state index contributed by atoms with van der Waals surface area (Å²) in [6.45, 7) is 0. The van der Waals surface area contributed by atoms with Crippen molar-refractivity contribution < 1.29 is 4.79 Å². The third kappa shape index (κ3) is 2.13. The van der Waals surface area contributed by atoms with E-state index in [0.717, 1.165) is 37.0 Å². The maximum atomic E-state index is 11.6. The Morgan fingerprint density at radius 3 is 2.21 bits per heavy atom. The Hall–Kier alpha value is -1.79. The van der Waals surface area contributed by atoms with Gasteiger partial charge in [0.25, 0.3) is 5.91 Å². The van der Waals surface area contributed by atoms with Crippen molar-refractivity contribution in [1.29, 1.82) is 5.26 Å². The Balaban J connectivity index is 1.91. The van der Waals surface area contributed by atoms with Crippen LogP contribution in [0.15, 0.2) is 16.8 Å². The predicted molar refractivity (Wildman–Crippen MR) is 68.5 cm³/mol. The molecule has 0 aliphatic heterocycles. The second-order valence-electron chi connectivity index (χ2n) is 6.44. The van der Waals surface area contributed by atoms with Crippen molar-refractivity contribution in [3.05, 3.63) is 22.1 Å². The molecule has 0 radical (unpaired) electrons. The molecule has 0 aromatic rings. The van der Waals surface area contributed by atoms with E-state index in [2.05, 4.69) is 10.0 Å². The molecule has 4 fully saturated rings. The van der Waals surface area contributed by atoms with E-state index in [0.29, 0.717) is 0 Å². The molecule has 19 heavy (non-hydrogen) atoms. The van der Waals surface area contributed by atoms with Crippen LogP contribution < -0.4 is 0 Å². The predicted octanol–water partition coefficient (Wildman–Crippen LogP) is 3.49. The fraction of sp³-hybridized carbons (Fsp3) is 0.714. The summed E-state index contributed by atoms with van der Waals surface area (Å²) < 4.78 is 0. The SMILES string of the molecule is N#C/C(=C\C12CC3CC(CC(C3)C1)C2)C(=O)N=[N+]=[N-]. The fourth-order valence-corrected chi connectivity index (χ4v) is 4.90. The molecule has 4 saturated carbocycles. The number of nitriles is 1. The standard InChI is InChI=1S/C14H16N4O/c15-8-12(13(19)17-18-16)7-14-4-9-1-10(5-14)3-11(2-9)6-14/h7,9-11H,1-6H2/b12-7+. The van der Waals surface area contributed by atoms with E-state index >= 15 is 0 Å². The van der Waals surface area contributed by atoms with Crippen LogP contribution in [0, 0.1) is 34.5 Å². The normalized spacial score (nSPS) is 39.5. The molecule has 5 nitrogen and oxygen atoms in total. The Morgan fingerprint density at radius 2 is 1.79 bits per heavy atom. The fourth-order valence-electron chi connectivity index (χ4n) is 4.90. The number of allylic oxidation sites excluding steroid dienone is 1. The summed E-state index contributed by atoms with van der Waals surface area (Å²) in [5.41, 5.74) is 8.35. The average molecular weight is 256 g/mol. The molecule has 0 N–H and O–H groups in total. The quantitative estimate of drug-likeness (QED) is 0.249. The van der Waals surface area contributed by atoms with Gasteiger partial charge in [-0.05, 0) is 72.3 Å². The van der Waals surface area contributed by atoms with Crippen LogP contribution >= 0.6 is 0 Å². The molecule has 0 spiro atoms. The molecule has 5 heteroatoms. The number of azide groups is 1. The van der Waals surface area contributed by atoms with Crippen LogP contribution in [0.25, 0.3) is 10.4 Å². The van der Waals surface area contributed by atoms with Gasteiger partial charge in [-0.2, -0.15) is 5.26 Å². The van der Waals surface area contributed by atoms with Crippen molar-refractivity contribution in [2.45, 2.75) is 38.5 Å². The van der Waals surface area contributed by atoms with E-state index in [-0.39, 0.29) is 11.0 Å². The van der Waals surface area contributed by atoms with Gasteiger partial charge >= 0.3 is 0 Å². The molecule has 98 valence electrons. The highest BCUT2D eigenvalue weighted by molar-refractivity contribution is 5.97. The molecule has 4 rings (SSSR count). The first kappa shape index (κ1) is 12.3. The zero-order valence-electron chi connectivity index (χ0n) is 10.7. The smallest absolute Gasteiger partial charge is 0.259 e. The lowest BCUT2D eigenvalue weighted by molar-refractivity contribution is -0.114. The van der Waals surface area contributed by atoms with Gasteiger partial charge in [-0.15, -0.1) is 0 Å². The first-order valence-corrected chi connectivity index (χ1v) is 6.86. The Morgan fingerprint density at radius 1 is 1.26 bits per heavy atom. The summed E-state index contributed by atoms with van der Waals surface area (Å²) in [4.78, 5) is 14.1. The van der Waals surface area contributed by atoms with Crippen molar-refractivity contribution in [2.75, 3.05) is 0 Å². The highest BCUT2D eigenvalue weighted by Gasteiger charge is 2.50. The minimum Gasteiger partial charge on any atom is -0.286 e. The van der Waals surface area contributed by atoms with Crippen LogP contribution in [0.2, 0.25) is 0 Å². The Kier molecular flexibility index (Phi) is 2.83. The minimum atomic E-state index is -0.735. The first-order valence-electron chi connectivity index (χ1n) is 6.86. The maximum absolute atomic E-state index is 11.6. The summed E-state index contributed by atoms with van der Waals surface area (Å²) in [5.74, 6) is 1.55. The van der Waals surface area contributed by atoms with E-state index < -0.39 is 5.91 Å². The number of hydrogen-bond donors (Lipinski definition) is 0. The first-order chi connectivity index (χ1) is 9.14. The third-order valence-electron chi connectivity index (χ3n) is 5.02. The number of carbonyl (C=O) groups excluding carboxylic acids is 1. The molecule has 1 amide bonds. The van der Waals surface area contributed by atoms with Gasteiger partial charge in [-0.3, -0.25) is 4.79 Å². The lowest BCUT2D eigenvalue weighted by atomic mass is 9.49. The van der Waals surface area contributed by atoms with Crippen molar-refractivity contribution >= 4 is 5.91 Å². The molecular weight excluding hydrogens is 240 g/mol. The number of rotatable bonds is 2. The van der Waals surface area contributed by atoms with E-state index in [9.17, 15) is 4.79 Å². The summed E-state index contributed by atoms with van der Waals surface area (Å²) in [6, 6.07) is 1.91. The third-order valence-corrected chi connectivity index (χ3v) is 5.02. The molecule has 0 aromatic carbocycles. The molecule has 4 aliphatic rings. The van der Waals surface area contributed by atoms with Gasteiger partial charge in [0.1, 0.15) is 6.07 Å². The largest absolute Gasteiger partial charge is 0.286 e. The topological polar surface area (TPSA) is 89.6 Å². The monoisotopic (exact) mass is 256 g/mol. The lowest BCUT2D eigenvalue weighted by Crippen LogP contribution is -2.45. The van der Waals surface area contributed by atoms with E-state index in [1.54, 1.807) is 0 Å². The van der Waals surface area contributed by atoms with Crippen LogP contribution in [0.4, 0.5) is 0 Å². The summed E-state index contributed by atoms with van der Waals surface area (Å²) in [6.07, 6.45) is 9.06. The number of carbonyl (C=O) groups is 1. The van der Waals surface area contributed by atoms with Crippen LogP contribution in [0.5, 0.6) is 0 Å². The summed E-state index contributed by atoms with van der Waals surface area (Å²) >= 11 is 0. The van der Waals surface area contributed by atoms with Gasteiger partial charge in [0, 0.05) is 4.91 Å². The van der Waals surface area contributed by atoms with Crippen molar-refractivity contribution in [3.63, 3.8) is 0 Å². The second-order valence-corrected chi connectivity index (χ2v) is 6.44. The molecule has 0 heterocycles. The van der Waals surface area contributed by atoms with Crippen LogP contribution in [0.1, 0.15) is 38.5 Å². The Labute approximate surface area is 111 Å². The van der Waals surface area contributed by atoms with Gasteiger partial charge in [-0.1, -0.05) is 6.08 Å². The summed E-state index contributed by atoms with van der Waals surface area (Å²) in [5, 5.41) is 12.1. The number of amides is 1. The van der Waals surface area contributed by atoms with Crippen LogP contribution in [-0.4, -0.2) is 5.91 Å². The molecule has 0 atom stereocenters. The zero-order chi connectivity index (χ0) is 13.5. The maximum Gasteiger partial charge on any atom is 0.259 e. The Bertz CT molecular complexity index is 501. The van der Waals surface area contributed by atoms with E-state index in [4.69, 9.17) is 10.8 Å². The molecule has 0 aromatic heterocycles. The van der Waals surface area contributed by atoms with Gasteiger partial charge in [0.2, 0.25) is 0 Å². The number of hydrogen-bond acceptors (Lipinski definition) is 2. The van der Waals surface area contributed by atoms with Gasteiger partial charge in [0.15, 0.2) is 0 Å². The molecule has 4 bridgehead atoms. The van der Waals surface area contributed by atoms with Crippen molar-refractivity contribution in [2.24, 2.45) is 28.3 Å². The van der Waals surface area contributed by atoms with Crippen LogP contribution in [-0.2, 0) is 4.79 Å². The van der Waals surface area contributed by atoms with E-state index in [1.807, 2.05) is 12.1 Å². The zero-order valence-corrected chi connectivity index (χ0v) is 10.7. The molecular formula is C14H16N4O. The minimum absolute atomic E-state index is 0.0143. The molecule has 4 aliphatic carbocycles. The van der Waals surface area contributed by atoms with Crippen LogP contribution in [0.3, 0.4) is 0 Å². The highest BCUT2D eigenvalue weighted by Crippen LogP contribution is 2.60. The highest BCUT2D eigenvalue weighted by atomic mass is 16.1.